The number of anilines is 3. The molecule has 0 radical (unpaired) electrons. The lowest BCUT2D eigenvalue weighted by Crippen LogP contribution is -2.16. The quantitative estimate of drug-likeness (QED) is 0.148. The van der Waals surface area contributed by atoms with Gasteiger partial charge in [0.2, 0.25) is 0 Å². The van der Waals surface area contributed by atoms with E-state index in [1.54, 1.807) is 0 Å². The predicted octanol–water partition coefficient (Wildman–Crippen LogP) is 17.2. The van der Waals surface area contributed by atoms with Gasteiger partial charge in [0.1, 0.15) is 0 Å². The van der Waals surface area contributed by atoms with E-state index >= 15 is 0 Å². The summed E-state index contributed by atoms with van der Waals surface area (Å²) in [4.78, 5) is 2.55. The van der Waals surface area contributed by atoms with Gasteiger partial charge in [0.25, 0.3) is 0 Å². The van der Waals surface area contributed by atoms with Gasteiger partial charge < -0.3 is 9.47 Å². The maximum Gasteiger partial charge on any atom is 0.0619 e. The molecule has 0 fully saturated rings. The van der Waals surface area contributed by atoms with Gasteiger partial charge >= 0.3 is 0 Å². The Labute approximate surface area is 381 Å². The van der Waals surface area contributed by atoms with Crippen LogP contribution in [0.3, 0.4) is 0 Å². The van der Waals surface area contributed by atoms with Crippen molar-refractivity contribution in [3.8, 4) is 61.3 Å². The molecular formula is C63H46N2. The van der Waals surface area contributed by atoms with Crippen molar-refractivity contribution in [3.05, 3.63) is 254 Å². The average Bonchev–Trinajstić information content (AvgIpc) is 3.84. The summed E-state index contributed by atoms with van der Waals surface area (Å²) in [5, 5.41) is 2.48. The third-order valence-corrected chi connectivity index (χ3v) is 13.6. The molecule has 0 saturated heterocycles. The zero-order valence-electron chi connectivity index (χ0n) is 36.5. The molecule has 0 atom stereocenters. The van der Waals surface area contributed by atoms with Crippen molar-refractivity contribution in [2.45, 2.75) is 19.3 Å². The third-order valence-electron chi connectivity index (χ3n) is 13.6. The summed E-state index contributed by atoms with van der Waals surface area (Å²) in [5.74, 6) is 0. The Balaban J connectivity index is 1.18. The average molecular weight is 831 g/mol. The van der Waals surface area contributed by atoms with Gasteiger partial charge in [-0.2, -0.15) is 0 Å². The molecule has 12 rings (SSSR count). The Morgan fingerprint density at radius 1 is 0.354 bits per heavy atom. The Hall–Kier alpha value is -8.20. The molecule has 308 valence electrons. The van der Waals surface area contributed by atoms with Crippen LogP contribution in [-0.4, -0.2) is 4.57 Å². The zero-order valence-corrected chi connectivity index (χ0v) is 36.5. The molecular weight excluding hydrogens is 785 g/mol. The lowest BCUT2D eigenvalue weighted by Gasteiger charge is -2.32. The second-order valence-electron chi connectivity index (χ2n) is 17.6. The first-order valence-corrected chi connectivity index (χ1v) is 22.6. The molecule has 2 nitrogen and oxygen atoms in total. The lowest BCUT2D eigenvalue weighted by atomic mass is 9.82. The first-order chi connectivity index (χ1) is 32.1. The molecule has 0 amide bonds. The molecule has 0 saturated carbocycles. The summed E-state index contributed by atoms with van der Waals surface area (Å²) >= 11 is 0. The van der Waals surface area contributed by atoms with Crippen LogP contribution in [-0.2, 0) is 5.41 Å². The van der Waals surface area contributed by atoms with E-state index in [1.807, 2.05) is 0 Å². The Morgan fingerprint density at radius 2 is 0.862 bits per heavy atom. The van der Waals surface area contributed by atoms with Crippen LogP contribution >= 0.6 is 0 Å². The zero-order chi connectivity index (χ0) is 43.5. The van der Waals surface area contributed by atoms with Crippen molar-refractivity contribution in [1.82, 2.24) is 4.57 Å². The molecule has 11 aromatic rings. The van der Waals surface area contributed by atoms with Gasteiger partial charge in [-0.05, 0) is 92.5 Å². The summed E-state index contributed by atoms with van der Waals surface area (Å²) in [6.07, 6.45) is 0. The monoisotopic (exact) mass is 830 g/mol. The SMILES string of the molecule is CC1(C)c2ccccc2-c2c(N(c3cccc(-c4cccc5c6ccccc6n(-c6ccccc6)c45)c3)c3cccc(-c4ccccc4)c3-c3ccccc3-c3ccccc3)cccc21. The molecule has 1 aliphatic carbocycles. The normalized spacial score (nSPS) is 12.6. The number of hydrogen-bond donors (Lipinski definition) is 0. The van der Waals surface area contributed by atoms with Gasteiger partial charge in [0.05, 0.1) is 22.4 Å². The molecule has 0 N–H and O–H groups in total. The van der Waals surface area contributed by atoms with Crippen LogP contribution in [0.2, 0.25) is 0 Å². The number of rotatable bonds is 8. The highest BCUT2D eigenvalue weighted by Crippen LogP contribution is 2.56. The van der Waals surface area contributed by atoms with E-state index in [9.17, 15) is 0 Å². The molecule has 0 spiro atoms. The topological polar surface area (TPSA) is 8.17 Å². The van der Waals surface area contributed by atoms with Crippen molar-refractivity contribution in [2.75, 3.05) is 4.90 Å². The largest absolute Gasteiger partial charge is 0.309 e. The highest BCUT2D eigenvalue weighted by Gasteiger charge is 2.38. The van der Waals surface area contributed by atoms with E-state index in [0.717, 1.165) is 28.3 Å². The predicted molar refractivity (Wildman–Crippen MR) is 275 cm³/mol. The molecule has 1 aromatic heterocycles. The van der Waals surface area contributed by atoms with Gasteiger partial charge in [-0.1, -0.05) is 214 Å². The van der Waals surface area contributed by atoms with Gasteiger partial charge in [0, 0.05) is 44.3 Å². The molecule has 0 bridgehead atoms. The van der Waals surface area contributed by atoms with Crippen LogP contribution in [0.4, 0.5) is 17.1 Å². The van der Waals surface area contributed by atoms with Crippen molar-refractivity contribution >= 4 is 38.9 Å². The van der Waals surface area contributed by atoms with E-state index in [1.165, 1.54) is 83.0 Å². The molecule has 0 unspecified atom stereocenters. The molecule has 65 heavy (non-hydrogen) atoms. The highest BCUT2D eigenvalue weighted by molar-refractivity contribution is 6.14. The second kappa shape index (κ2) is 15.6. The molecule has 2 heteroatoms. The Bertz CT molecular complexity index is 3560. The number of hydrogen-bond acceptors (Lipinski definition) is 1. The smallest absolute Gasteiger partial charge is 0.0619 e. The van der Waals surface area contributed by atoms with Crippen LogP contribution < -0.4 is 4.90 Å². The van der Waals surface area contributed by atoms with Crippen LogP contribution in [0.1, 0.15) is 25.0 Å². The van der Waals surface area contributed by atoms with E-state index in [-0.39, 0.29) is 5.41 Å². The standard InChI is InChI=1S/C63H46N2/c1-63(2)55-37-16-14-33-54(55)61-56(63)38-21-41-59(61)64(58-40-20-34-49(44-24-8-4-9-25-44)60(58)52-32-13-12-30-48(52)43-22-6-3-7-23-43)47-29-18-26-45(42-47)50-35-19-36-53-51-31-15-17-39-57(51)65(62(50)53)46-27-10-5-11-28-46/h3-42H,1-2H3. The number of benzene rings is 10. The minimum Gasteiger partial charge on any atom is -0.309 e. The summed E-state index contributed by atoms with van der Waals surface area (Å²) in [6.45, 7) is 4.74. The number of aromatic nitrogens is 1. The van der Waals surface area contributed by atoms with Crippen LogP contribution in [0.15, 0.2) is 243 Å². The van der Waals surface area contributed by atoms with E-state index < -0.39 is 0 Å². The fraction of sp³-hybridized carbons (Fsp3) is 0.0476. The lowest BCUT2D eigenvalue weighted by molar-refractivity contribution is 0.660. The number of nitrogens with zero attached hydrogens (tertiary/aromatic N) is 2. The number of para-hydroxylation sites is 3. The van der Waals surface area contributed by atoms with E-state index in [0.29, 0.717) is 0 Å². The Morgan fingerprint density at radius 3 is 1.63 bits per heavy atom. The van der Waals surface area contributed by atoms with E-state index in [2.05, 4.69) is 266 Å². The maximum absolute atomic E-state index is 2.55. The van der Waals surface area contributed by atoms with Crippen molar-refractivity contribution in [3.63, 3.8) is 0 Å². The van der Waals surface area contributed by atoms with Gasteiger partial charge in [-0.15, -0.1) is 0 Å². The fourth-order valence-corrected chi connectivity index (χ4v) is 10.7. The maximum atomic E-state index is 2.55. The molecule has 10 aromatic carbocycles. The van der Waals surface area contributed by atoms with Crippen LogP contribution in [0, 0.1) is 0 Å². The van der Waals surface area contributed by atoms with Gasteiger partial charge in [-0.3, -0.25) is 0 Å². The van der Waals surface area contributed by atoms with Gasteiger partial charge in [0.15, 0.2) is 0 Å². The van der Waals surface area contributed by atoms with Crippen LogP contribution in [0.25, 0.3) is 83.1 Å². The highest BCUT2D eigenvalue weighted by atomic mass is 15.1. The van der Waals surface area contributed by atoms with Gasteiger partial charge in [-0.25, -0.2) is 0 Å². The number of fused-ring (bicyclic) bond motifs is 6. The molecule has 1 aliphatic rings. The summed E-state index contributed by atoms with van der Waals surface area (Å²) in [7, 11) is 0. The minimum atomic E-state index is -0.176. The fourth-order valence-electron chi connectivity index (χ4n) is 10.7. The second-order valence-corrected chi connectivity index (χ2v) is 17.6. The van der Waals surface area contributed by atoms with Crippen LogP contribution in [0.5, 0.6) is 0 Å². The van der Waals surface area contributed by atoms with Crippen molar-refractivity contribution < 1.29 is 0 Å². The first kappa shape index (κ1) is 38.5. The molecule has 0 aliphatic heterocycles. The summed E-state index contributed by atoms with van der Waals surface area (Å²) < 4.78 is 2.44. The summed E-state index contributed by atoms with van der Waals surface area (Å²) in [5.41, 5.74) is 21.4. The Kier molecular flexibility index (Phi) is 9.21. The van der Waals surface area contributed by atoms with E-state index in [4.69, 9.17) is 0 Å². The third kappa shape index (κ3) is 6.25. The molecule has 1 heterocycles. The first-order valence-electron chi connectivity index (χ1n) is 22.6. The van der Waals surface area contributed by atoms with Crippen molar-refractivity contribution in [2.24, 2.45) is 0 Å². The minimum absolute atomic E-state index is 0.176. The van der Waals surface area contributed by atoms with Crippen molar-refractivity contribution in [1.29, 1.82) is 0 Å². The summed E-state index contributed by atoms with van der Waals surface area (Å²) in [6, 6.07) is 89.0.